The maximum atomic E-state index is 11.4. The first-order valence-electron chi connectivity index (χ1n) is 11.1. The number of piperidine rings is 1. The van der Waals surface area contributed by atoms with Crippen molar-refractivity contribution < 1.29 is 24.1 Å². The fourth-order valence-corrected chi connectivity index (χ4v) is 4.17. The molecule has 0 amide bonds. The predicted molar refractivity (Wildman–Crippen MR) is 120 cm³/mol. The zero-order chi connectivity index (χ0) is 22.6. The number of hydrogen-bond acceptors (Lipinski definition) is 8. The third kappa shape index (κ3) is 4.81. The summed E-state index contributed by atoms with van der Waals surface area (Å²) in [6, 6.07) is 6.11. The third-order valence-corrected chi connectivity index (χ3v) is 5.89. The van der Waals surface area contributed by atoms with Gasteiger partial charge >= 0.3 is 6.01 Å². The van der Waals surface area contributed by atoms with Gasteiger partial charge in [0.1, 0.15) is 18.1 Å². The summed E-state index contributed by atoms with van der Waals surface area (Å²) in [5, 5.41) is 11.4. The molecule has 1 fully saturated rings. The first-order chi connectivity index (χ1) is 15.5. The molecular weight excluding hydrogens is 410 g/mol. The van der Waals surface area contributed by atoms with Crippen LogP contribution in [0.25, 0.3) is 6.08 Å². The zero-order valence-corrected chi connectivity index (χ0v) is 19.0. The van der Waals surface area contributed by atoms with Crippen LogP contribution in [0.4, 0.5) is 0 Å². The number of nitrogens with zero attached hydrogens (tertiary/aromatic N) is 3. The molecule has 2 aliphatic rings. The molecule has 0 spiro atoms. The van der Waals surface area contributed by atoms with Crippen LogP contribution in [0.2, 0.25) is 0 Å². The van der Waals surface area contributed by atoms with E-state index in [0.29, 0.717) is 44.1 Å². The van der Waals surface area contributed by atoms with Crippen LogP contribution in [0, 0.1) is 0 Å². The molecule has 0 unspecified atom stereocenters. The maximum Gasteiger partial charge on any atom is 0.319 e. The molecule has 0 saturated carbocycles. The van der Waals surface area contributed by atoms with Gasteiger partial charge in [-0.15, -0.1) is 0 Å². The first kappa shape index (κ1) is 22.4. The number of fused-ring (bicyclic) bond motifs is 1. The third-order valence-electron chi connectivity index (χ3n) is 5.89. The van der Waals surface area contributed by atoms with Crippen molar-refractivity contribution in [3.63, 3.8) is 0 Å². The monoisotopic (exact) mass is 441 g/mol. The Hall–Kier alpha value is -2.84. The Kier molecular flexibility index (Phi) is 6.81. The highest BCUT2D eigenvalue weighted by Gasteiger charge is 2.38. The van der Waals surface area contributed by atoms with Gasteiger partial charge in [-0.2, -0.15) is 4.98 Å². The van der Waals surface area contributed by atoms with Crippen molar-refractivity contribution in [2.75, 3.05) is 46.6 Å². The van der Waals surface area contributed by atoms with Crippen molar-refractivity contribution >= 4 is 6.08 Å². The first-order valence-corrected chi connectivity index (χ1v) is 11.1. The molecule has 0 aliphatic carbocycles. The number of aliphatic hydroxyl groups is 1. The molecule has 0 atom stereocenters. The highest BCUT2D eigenvalue weighted by atomic mass is 16.5. The quantitative estimate of drug-likeness (QED) is 0.669. The molecule has 1 aromatic heterocycles. The van der Waals surface area contributed by atoms with Gasteiger partial charge in [0, 0.05) is 31.4 Å². The minimum Gasteiger partial charge on any atom is -0.497 e. The van der Waals surface area contributed by atoms with Crippen molar-refractivity contribution in [1.29, 1.82) is 0 Å². The zero-order valence-electron chi connectivity index (χ0n) is 19.0. The van der Waals surface area contributed by atoms with E-state index in [9.17, 15) is 5.11 Å². The van der Waals surface area contributed by atoms with Crippen LogP contribution in [0.15, 0.2) is 30.0 Å². The summed E-state index contributed by atoms with van der Waals surface area (Å²) >= 11 is 0. The standard InChI is InChI=1S/C24H31N3O5/c1-4-30-22-20(14-25-23(26-22)31-5-2)24(28)8-10-27(11-9-24)15-17-12-18-13-19(29-3)6-7-21(18)32-16-17/h6-7,12-14,28H,4-5,8-11,15-16H2,1-3H3. The molecule has 2 aromatic rings. The van der Waals surface area contributed by atoms with Crippen molar-refractivity contribution in [1.82, 2.24) is 14.9 Å². The average molecular weight is 442 g/mol. The summed E-state index contributed by atoms with van der Waals surface area (Å²) in [5.41, 5.74) is 1.84. The lowest BCUT2D eigenvalue weighted by molar-refractivity contribution is -0.0268. The number of benzene rings is 1. The number of aromatic nitrogens is 2. The lowest BCUT2D eigenvalue weighted by Gasteiger charge is -2.39. The van der Waals surface area contributed by atoms with Gasteiger partial charge in [0.25, 0.3) is 0 Å². The lowest BCUT2D eigenvalue weighted by atomic mass is 9.85. The van der Waals surface area contributed by atoms with Crippen molar-refractivity contribution in [3.05, 3.63) is 41.1 Å². The lowest BCUT2D eigenvalue weighted by Crippen LogP contribution is -2.44. The van der Waals surface area contributed by atoms with E-state index < -0.39 is 5.60 Å². The van der Waals surface area contributed by atoms with Crippen LogP contribution in [-0.4, -0.2) is 66.5 Å². The molecule has 4 rings (SSSR count). The molecule has 1 saturated heterocycles. The number of likely N-dealkylation sites (tertiary alicyclic amines) is 1. The molecular formula is C24H31N3O5. The fraction of sp³-hybridized carbons (Fsp3) is 0.500. The highest BCUT2D eigenvalue weighted by Crippen LogP contribution is 2.38. The minimum atomic E-state index is -1.02. The Bertz CT molecular complexity index is 970. The van der Waals surface area contributed by atoms with Gasteiger partial charge in [0.15, 0.2) is 0 Å². The molecule has 0 radical (unpaired) electrons. The van der Waals surface area contributed by atoms with E-state index in [2.05, 4.69) is 20.9 Å². The number of methoxy groups -OCH3 is 1. The number of ether oxygens (including phenoxy) is 4. The van der Waals surface area contributed by atoms with Crippen LogP contribution in [0.5, 0.6) is 23.4 Å². The molecule has 3 heterocycles. The van der Waals surface area contributed by atoms with Gasteiger partial charge in [0.05, 0.1) is 31.5 Å². The summed E-state index contributed by atoms with van der Waals surface area (Å²) in [7, 11) is 1.66. The van der Waals surface area contributed by atoms with Crippen LogP contribution in [0.3, 0.4) is 0 Å². The molecule has 1 aromatic carbocycles. The molecule has 1 N–H and O–H groups in total. The van der Waals surface area contributed by atoms with Crippen LogP contribution in [0.1, 0.15) is 37.8 Å². The molecule has 0 bridgehead atoms. The van der Waals surface area contributed by atoms with E-state index >= 15 is 0 Å². The number of rotatable bonds is 8. The maximum absolute atomic E-state index is 11.4. The van der Waals surface area contributed by atoms with Gasteiger partial charge in [-0.1, -0.05) is 0 Å². The summed E-state index contributed by atoms with van der Waals surface area (Å²) in [6.07, 6.45) is 4.96. The van der Waals surface area contributed by atoms with Gasteiger partial charge in [-0.25, -0.2) is 4.98 Å². The van der Waals surface area contributed by atoms with Gasteiger partial charge in [-0.05, 0) is 56.5 Å². The Labute approximate surface area is 188 Å². The van der Waals surface area contributed by atoms with E-state index in [1.807, 2.05) is 32.0 Å². The predicted octanol–water partition coefficient (Wildman–Crippen LogP) is 3.04. The summed E-state index contributed by atoms with van der Waals surface area (Å²) in [4.78, 5) is 11.0. The second kappa shape index (κ2) is 9.75. The van der Waals surface area contributed by atoms with E-state index in [4.69, 9.17) is 18.9 Å². The molecule has 2 aliphatic heterocycles. The largest absolute Gasteiger partial charge is 0.497 e. The van der Waals surface area contributed by atoms with Crippen LogP contribution in [-0.2, 0) is 5.60 Å². The average Bonchev–Trinajstić information content (AvgIpc) is 2.81. The summed E-state index contributed by atoms with van der Waals surface area (Å²) in [6.45, 7) is 7.57. The minimum absolute atomic E-state index is 0.266. The van der Waals surface area contributed by atoms with Crippen LogP contribution < -0.4 is 18.9 Å². The van der Waals surface area contributed by atoms with E-state index in [1.165, 1.54) is 5.57 Å². The summed E-state index contributed by atoms with van der Waals surface area (Å²) < 4.78 is 22.3. The van der Waals surface area contributed by atoms with Crippen molar-refractivity contribution in [3.8, 4) is 23.4 Å². The fourth-order valence-electron chi connectivity index (χ4n) is 4.17. The molecule has 8 nitrogen and oxygen atoms in total. The van der Waals surface area contributed by atoms with E-state index in [0.717, 1.165) is 36.7 Å². The van der Waals surface area contributed by atoms with Gasteiger partial charge < -0.3 is 24.1 Å². The second-order valence-corrected chi connectivity index (χ2v) is 8.04. The van der Waals surface area contributed by atoms with E-state index in [-0.39, 0.29) is 6.01 Å². The van der Waals surface area contributed by atoms with E-state index in [1.54, 1.807) is 13.3 Å². The normalized spacial score (nSPS) is 17.7. The Morgan fingerprint density at radius 1 is 1.16 bits per heavy atom. The summed E-state index contributed by atoms with van der Waals surface area (Å²) in [5.74, 6) is 2.09. The van der Waals surface area contributed by atoms with Crippen molar-refractivity contribution in [2.45, 2.75) is 32.3 Å². The van der Waals surface area contributed by atoms with Gasteiger partial charge in [-0.3, -0.25) is 4.90 Å². The SMILES string of the molecule is CCOc1ncc(C2(O)CCN(CC3=Cc4cc(OC)ccc4OC3)CC2)c(OCC)n1. The Balaban J connectivity index is 1.43. The van der Waals surface area contributed by atoms with Crippen LogP contribution >= 0.6 is 0 Å². The Morgan fingerprint density at radius 2 is 1.94 bits per heavy atom. The van der Waals surface area contributed by atoms with Crippen molar-refractivity contribution in [2.24, 2.45) is 0 Å². The smallest absolute Gasteiger partial charge is 0.319 e. The molecule has 172 valence electrons. The van der Waals surface area contributed by atoms with Gasteiger partial charge in [0.2, 0.25) is 5.88 Å². The number of hydrogen-bond donors (Lipinski definition) is 1. The second-order valence-electron chi connectivity index (χ2n) is 8.04. The molecule has 8 heteroatoms. The Morgan fingerprint density at radius 3 is 2.66 bits per heavy atom. The highest BCUT2D eigenvalue weighted by molar-refractivity contribution is 5.64. The molecule has 32 heavy (non-hydrogen) atoms. The topological polar surface area (TPSA) is 86.2 Å².